The Bertz CT molecular complexity index is 501. The van der Waals surface area contributed by atoms with Crippen LogP contribution in [0.25, 0.3) is 0 Å². The van der Waals surface area contributed by atoms with Crippen LogP contribution in [-0.2, 0) is 11.3 Å². The van der Waals surface area contributed by atoms with E-state index in [-0.39, 0.29) is 6.04 Å². The lowest BCUT2D eigenvalue weighted by atomic mass is 9.96. The summed E-state index contributed by atoms with van der Waals surface area (Å²) < 4.78 is 7.08. The van der Waals surface area contributed by atoms with E-state index >= 15 is 0 Å². The summed E-state index contributed by atoms with van der Waals surface area (Å²) in [6.07, 6.45) is 6.02. The molecule has 2 N–H and O–H groups in total. The lowest BCUT2D eigenvalue weighted by molar-refractivity contribution is 0.181. The van der Waals surface area contributed by atoms with E-state index in [2.05, 4.69) is 5.10 Å². The predicted octanol–water partition coefficient (Wildman–Crippen LogP) is 2.47. The lowest BCUT2D eigenvalue weighted by Gasteiger charge is -2.18. The van der Waals surface area contributed by atoms with Gasteiger partial charge in [-0.05, 0) is 48.9 Å². The van der Waals surface area contributed by atoms with Crippen molar-refractivity contribution in [1.82, 2.24) is 9.78 Å². The number of halogens is 1. The van der Waals surface area contributed by atoms with Crippen LogP contribution in [0.15, 0.2) is 6.20 Å². The minimum Gasteiger partial charge on any atom is -0.383 e. The molecule has 0 radical (unpaired) electrons. The molecule has 4 nitrogen and oxygen atoms in total. The van der Waals surface area contributed by atoms with E-state index in [1.54, 1.807) is 13.3 Å². The first kappa shape index (κ1) is 13.1. The molecule has 5 atom stereocenters. The molecular formula is C15H22ClN3O. The van der Waals surface area contributed by atoms with E-state index in [0.717, 1.165) is 35.9 Å². The Kier molecular flexibility index (Phi) is 3.09. The maximum atomic E-state index is 6.57. The monoisotopic (exact) mass is 295 g/mol. The van der Waals surface area contributed by atoms with Crippen molar-refractivity contribution >= 4 is 11.6 Å². The van der Waals surface area contributed by atoms with E-state index in [4.69, 9.17) is 22.1 Å². The molecular weight excluding hydrogens is 274 g/mol. The van der Waals surface area contributed by atoms with E-state index in [0.29, 0.717) is 17.5 Å². The predicted molar refractivity (Wildman–Crippen MR) is 77.3 cm³/mol. The number of methoxy groups -OCH3 is 1. The third-order valence-electron chi connectivity index (χ3n) is 5.87. The maximum Gasteiger partial charge on any atom is 0.0834 e. The van der Waals surface area contributed by atoms with Gasteiger partial charge in [0.2, 0.25) is 0 Å². The molecule has 0 spiro atoms. The van der Waals surface area contributed by atoms with Crippen LogP contribution >= 0.6 is 11.6 Å². The highest BCUT2D eigenvalue weighted by molar-refractivity contribution is 6.31. The number of aromatic nitrogens is 2. The van der Waals surface area contributed by atoms with Crippen molar-refractivity contribution in [2.45, 2.75) is 31.8 Å². The molecule has 4 rings (SSSR count). The summed E-state index contributed by atoms with van der Waals surface area (Å²) in [4.78, 5) is 0. The Balaban J connectivity index is 1.55. The van der Waals surface area contributed by atoms with E-state index in [1.165, 1.54) is 19.3 Å². The first-order valence-corrected chi connectivity index (χ1v) is 8.06. The van der Waals surface area contributed by atoms with Crippen molar-refractivity contribution in [3.63, 3.8) is 0 Å². The molecule has 0 saturated heterocycles. The van der Waals surface area contributed by atoms with Gasteiger partial charge in [0, 0.05) is 7.11 Å². The van der Waals surface area contributed by atoms with Gasteiger partial charge in [-0.15, -0.1) is 0 Å². The van der Waals surface area contributed by atoms with E-state index < -0.39 is 0 Å². The quantitative estimate of drug-likeness (QED) is 0.908. The zero-order chi connectivity index (χ0) is 13.9. The number of hydrogen-bond acceptors (Lipinski definition) is 3. The van der Waals surface area contributed by atoms with Crippen molar-refractivity contribution in [2.75, 3.05) is 13.7 Å². The number of ether oxygens (including phenoxy) is 1. The summed E-state index contributed by atoms with van der Waals surface area (Å²) in [6.45, 7) is 1.36. The van der Waals surface area contributed by atoms with Gasteiger partial charge in [-0.2, -0.15) is 5.10 Å². The fourth-order valence-corrected chi connectivity index (χ4v) is 5.38. The summed E-state index contributed by atoms with van der Waals surface area (Å²) in [6, 6.07) is 0.0419. The van der Waals surface area contributed by atoms with Gasteiger partial charge < -0.3 is 10.5 Å². The summed E-state index contributed by atoms with van der Waals surface area (Å²) in [5.41, 5.74) is 7.59. The second kappa shape index (κ2) is 4.72. The number of nitrogens with two attached hydrogens (primary N) is 1. The standard InChI is InChI=1S/C15H22ClN3O/c1-20-5-4-19-15(10(16)7-18-19)14(17)13-11-8-2-3-9(6-8)12(11)13/h7-9,11-14H,2-6,17H2,1H3. The first-order chi connectivity index (χ1) is 9.72. The SMILES string of the molecule is COCCn1ncc(Cl)c1C(N)C1C2C3CCC(C3)C21. The molecule has 3 saturated carbocycles. The van der Waals surface area contributed by atoms with Gasteiger partial charge in [-0.25, -0.2) is 0 Å². The Morgan fingerprint density at radius 1 is 1.45 bits per heavy atom. The molecule has 5 unspecified atom stereocenters. The summed E-state index contributed by atoms with van der Waals surface area (Å²) in [7, 11) is 1.70. The Morgan fingerprint density at radius 3 is 2.80 bits per heavy atom. The van der Waals surface area contributed by atoms with E-state index in [1.807, 2.05) is 4.68 Å². The normalized spacial score (nSPS) is 39.0. The summed E-state index contributed by atoms with van der Waals surface area (Å²) in [5, 5.41) is 5.07. The van der Waals surface area contributed by atoms with Crippen molar-refractivity contribution in [1.29, 1.82) is 0 Å². The zero-order valence-corrected chi connectivity index (χ0v) is 12.6. The van der Waals surface area contributed by atoms with Crippen LogP contribution in [-0.4, -0.2) is 23.5 Å². The third kappa shape index (κ3) is 1.78. The molecule has 0 aliphatic heterocycles. The van der Waals surface area contributed by atoms with Crippen molar-refractivity contribution in [2.24, 2.45) is 35.3 Å². The fraction of sp³-hybridized carbons (Fsp3) is 0.800. The molecule has 110 valence electrons. The number of rotatable bonds is 5. The topological polar surface area (TPSA) is 53.1 Å². The number of nitrogens with zero attached hydrogens (tertiary/aromatic N) is 2. The minimum absolute atomic E-state index is 0.0419. The van der Waals surface area contributed by atoms with Gasteiger partial charge in [0.05, 0.1) is 36.1 Å². The van der Waals surface area contributed by atoms with Crippen LogP contribution in [0.2, 0.25) is 5.02 Å². The molecule has 20 heavy (non-hydrogen) atoms. The summed E-state index contributed by atoms with van der Waals surface area (Å²) in [5.74, 6) is 4.25. The van der Waals surface area contributed by atoms with Crippen LogP contribution < -0.4 is 5.73 Å². The largest absolute Gasteiger partial charge is 0.383 e. The van der Waals surface area contributed by atoms with Crippen molar-refractivity contribution in [3.8, 4) is 0 Å². The van der Waals surface area contributed by atoms with Crippen LogP contribution in [0.5, 0.6) is 0 Å². The molecule has 3 aliphatic carbocycles. The van der Waals surface area contributed by atoms with Gasteiger partial charge in [0.25, 0.3) is 0 Å². The molecule has 2 bridgehead atoms. The average Bonchev–Trinajstić information content (AvgIpc) is 2.75. The van der Waals surface area contributed by atoms with Gasteiger partial charge in [-0.1, -0.05) is 11.6 Å². The van der Waals surface area contributed by atoms with Gasteiger partial charge in [0.15, 0.2) is 0 Å². The van der Waals surface area contributed by atoms with Gasteiger partial charge >= 0.3 is 0 Å². The van der Waals surface area contributed by atoms with Crippen LogP contribution in [0.4, 0.5) is 0 Å². The van der Waals surface area contributed by atoms with Crippen molar-refractivity contribution in [3.05, 3.63) is 16.9 Å². The minimum atomic E-state index is 0.0419. The summed E-state index contributed by atoms with van der Waals surface area (Å²) >= 11 is 6.33. The molecule has 0 amide bonds. The van der Waals surface area contributed by atoms with Gasteiger partial charge in [0.1, 0.15) is 0 Å². The highest BCUT2D eigenvalue weighted by atomic mass is 35.5. The second-order valence-corrected chi connectivity index (χ2v) is 7.09. The number of hydrogen-bond donors (Lipinski definition) is 1. The molecule has 0 aromatic carbocycles. The molecule has 1 heterocycles. The Labute approximate surface area is 124 Å². The highest BCUT2D eigenvalue weighted by Crippen LogP contribution is 2.71. The Morgan fingerprint density at radius 2 is 2.15 bits per heavy atom. The van der Waals surface area contributed by atoms with Crippen LogP contribution in [0.1, 0.15) is 31.0 Å². The number of fused-ring (bicyclic) bond motifs is 5. The second-order valence-electron chi connectivity index (χ2n) is 6.68. The van der Waals surface area contributed by atoms with Crippen molar-refractivity contribution < 1.29 is 4.74 Å². The maximum absolute atomic E-state index is 6.57. The smallest absolute Gasteiger partial charge is 0.0834 e. The first-order valence-electron chi connectivity index (χ1n) is 7.68. The lowest BCUT2D eigenvalue weighted by Crippen LogP contribution is -2.22. The van der Waals surface area contributed by atoms with Crippen LogP contribution in [0.3, 0.4) is 0 Å². The highest BCUT2D eigenvalue weighted by Gasteiger charge is 2.66. The van der Waals surface area contributed by atoms with Gasteiger partial charge in [-0.3, -0.25) is 4.68 Å². The Hall–Kier alpha value is -0.580. The fourth-order valence-electron chi connectivity index (χ4n) is 5.11. The molecule has 1 aromatic rings. The average molecular weight is 296 g/mol. The third-order valence-corrected chi connectivity index (χ3v) is 6.16. The zero-order valence-electron chi connectivity index (χ0n) is 11.8. The van der Waals surface area contributed by atoms with E-state index in [9.17, 15) is 0 Å². The molecule has 3 aliphatic rings. The molecule has 1 aromatic heterocycles. The van der Waals surface area contributed by atoms with Crippen LogP contribution in [0, 0.1) is 29.6 Å². The molecule has 3 fully saturated rings. The molecule has 5 heteroatoms.